The second kappa shape index (κ2) is 9.85. The number of aliphatic imine (C=N–C) groups is 1. The Morgan fingerprint density at radius 2 is 2.07 bits per heavy atom. The van der Waals surface area contributed by atoms with Gasteiger partial charge in [0.1, 0.15) is 11.5 Å². The Bertz CT molecular complexity index is 613. The number of guanidine groups is 1. The number of ether oxygens (including phenoxy) is 1. The third-order valence-corrected chi connectivity index (χ3v) is 6.92. The van der Waals surface area contributed by atoms with Gasteiger partial charge in [-0.2, -0.15) is 11.8 Å². The molecule has 2 unspecified atom stereocenters. The van der Waals surface area contributed by atoms with Crippen LogP contribution in [0.3, 0.4) is 0 Å². The van der Waals surface area contributed by atoms with E-state index in [9.17, 15) is 0 Å². The average molecular weight is 395 g/mol. The van der Waals surface area contributed by atoms with Gasteiger partial charge >= 0.3 is 0 Å². The molecule has 2 fully saturated rings. The van der Waals surface area contributed by atoms with Crippen molar-refractivity contribution in [2.24, 2.45) is 10.9 Å². The SMILES string of the molecule is CN=C(NCC(c1ccc(C)o1)N1CCOCC1)N1CCSC(C(C)C)C1. The van der Waals surface area contributed by atoms with Gasteiger partial charge in [0.25, 0.3) is 0 Å². The molecule has 3 rings (SSSR count). The topological polar surface area (TPSA) is 53.2 Å². The molecular weight excluding hydrogens is 360 g/mol. The van der Waals surface area contributed by atoms with Crippen molar-refractivity contribution in [1.29, 1.82) is 0 Å². The lowest BCUT2D eigenvalue weighted by molar-refractivity contribution is 0.0123. The predicted octanol–water partition coefficient (Wildman–Crippen LogP) is 2.61. The molecule has 0 aromatic carbocycles. The average Bonchev–Trinajstić information content (AvgIpc) is 3.12. The number of nitrogens with one attached hydrogen (secondary N) is 1. The Kier molecular flexibility index (Phi) is 7.49. The smallest absolute Gasteiger partial charge is 0.193 e. The highest BCUT2D eigenvalue weighted by molar-refractivity contribution is 8.00. The molecule has 1 aromatic heterocycles. The Balaban J connectivity index is 1.66. The number of aryl methyl sites for hydroxylation is 1. The summed E-state index contributed by atoms with van der Waals surface area (Å²) in [6.07, 6.45) is 0. The van der Waals surface area contributed by atoms with E-state index in [0.717, 1.165) is 69.2 Å². The molecule has 1 N–H and O–H groups in total. The van der Waals surface area contributed by atoms with Crippen LogP contribution in [0.2, 0.25) is 0 Å². The van der Waals surface area contributed by atoms with Crippen molar-refractivity contribution in [3.63, 3.8) is 0 Å². The van der Waals surface area contributed by atoms with Gasteiger partial charge in [-0.3, -0.25) is 9.89 Å². The van der Waals surface area contributed by atoms with Crippen molar-refractivity contribution in [2.75, 3.05) is 58.7 Å². The third-order valence-electron chi connectivity index (χ3n) is 5.38. The van der Waals surface area contributed by atoms with Gasteiger partial charge in [-0.1, -0.05) is 13.8 Å². The molecule has 0 saturated carbocycles. The van der Waals surface area contributed by atoms with E-state index < -0.39 is 0 Å². The summed E-state index contributed by atoms with van der Waals surface area (Å²) in [6, 6.07) is 4.35. The van der Waals surface area contributed by atoms with Crippen LogP contribution in [0.1, 0.15) is 31.4 Å². The number of furan rings is 1. The van der Waals surface area contributed by atoms with Crippen LogP contribution in [0.5, 0.6) is 0 Å². The van der Waals surface area contributed by atoms with Crippen molar-refractivity contribution >= 4 is 17.7 Å². The summed E-state index contributed by atoms with van der Waals surface area (Å²) in [4.78, 5) is 9.43. The minimum absolute atomic E-state index is 0.194. The van der Waals surface area contributed by atoms with Gasteiger partial charge in [0.05, 0.1) is 19.3 Å². The second-order valence-corrected chi connectivity index (χ2v) is 8.99. The first-order chi connectivity index (χ1) is 13.1. The Hall–Kier alpha value is -1.18. The molecule has 2 aliphatic rings. The zero-order valence-corrected chi connectivity index (χ0v) is 17.9. The number of morpholine rings is 1. The van der Waals surface area contributed by atoms with Crippen LogP contribution >= 0.6 is 11.8 Å². The van der Waals surface area contributed by atoms with Gasteiger partial charge < -0.3 is 19.4 Å². The van der Waals surface area contributed by atoms with Gasteiger partial charge in [0, 0.05) is 50.8 Å². The molecule has 1 aromatic rings. The quantitative estimate of drug-likeness (QED) is 0.612. The van der Waals surface area contributed by atoms with E-state index >= 15 is 0 Å². The maximum absolute atomic E-state index is 5.98. The fourth-order valence-corrected chi connectivity index (χ4v) is 5.02. The molecule has 152 valence electrons. The second-order valence-electron chi connectivity index (χ2n) is 7.64. The lowest BCUT2D eigenvalue weighted by Gasteiger charge is -2.38. The first kappa shape index (κ1) is 20.6. The number of nitrogens with zero attached hydrogens (tertiary/aromatic N) is 3. The van der Waals surface area contributed by atoms with Crippen LogP contribution in [-0.4, -0.2) is 79.7 Å². The lowest BCUT2D eigenvalue weighted by Crippen LogP contribution is -2.51. The molecular formula is C20H34N4O2S. The van der Waals surface area contributed by atoms with E-state index in [4.69, 9.17) is 9.15 Å². The normalized spacial score (nSPS) is 23.7. The highest BCUT2D eigenvalue weighted by atomic mass is 32.2. The fraction of sp³-hybridized carbons (Fsp3) is 0.750. The number of rotatable bonds is 5. The van der Waals surface area contributed by atoms with E-state index in [0.29, 0.717) is 11.2 Å². The molecule has 2 atom stereocenters. The molecule has 2 aliphatic heterocycles. The van der Waals surface area contributed by atoms with E-state index in [2.05, 4.69) is 51.8 Å². The summed E-state index contributed by atoms with van der Waals surface area (Å²) >= 11 is 2.09. The van der Waals surface area contributed by atoms with Crippen LogP contribution in [0, 0.1) is 12.8 Å². The van der Waals surface area contributed by atoms with Crippen LogP contribution < -0.4 is 5.32 Å². The summed E-state index contributed by atoms with van der Waals surface area (Å²) in [5.41, 5.74) is 0. The Morgan fingerprint density at radius 1 is 1.30 bits per heavy atom. The van der Waals surface area contributed by atoms with Crippen LogP contribution in [0.25, 0.3) is 0 Å². The van der Waals surface area contributed by atoms with Crippen LogP contribution in [0.15, 0.2) is 21.5 Å². The maximum Gasteiger partial charge on any atom is 0.193 e. The van der Waals surface area contributed by atoms with Gasteiger partial charge in [0.2, 0.25) is 0 Å². The summed E-state index contributed by atoms with van der Waals surface area (Å²) < 4.78 is 11.5. The zero-order chi connectivity index (χ0) is 19.2. The summed E-state index contributed by atoms with van der Waals surface area (Å²) in [6.45, 7) is 12.9. The van der Waals surface area contributed by atoms with E-state index in [1.54, 1.807) is 0 Å². The van der Waals surface area contributed by atoms with Crippen molar-refractivity contribution in [3.8, 4) is 0 Å². The molecule has 0 amide bonds. The van der Waals surface area contributed by atoms with E-state index in [1.807, 2.05) is 20.0 Å². The predicted molar refractivity (Wildman–Crippen MR) is 113 cm³/mol. The van der Waals surface area contributed by atoms with Gasteiger partial charge in [-0.05, 0) is 25.0 Å². The Labute approximate surface area is 167 Å². The highest BCUT2D eigenvalue weighted by Gasteiger charge is 2.28. The number of hydrogen-bond donors (Lipinski definition) is 1. The van der Waals surface area contributed by atoms with Gasteiger partial charge in [-0.25, -0.2) is 0 Å². The first-order valence-corrected chi connectivity index (χ1v) is 11.1. The molecule has 27 heavy (non-hydrogen) atoms. The first-order valence-electron chi connectivity index (χ1n) is 10.0. The van der Waals surface area contributed by atoms with E-state index in [-0.39, 0.29) is 6.04 Å². The fourth-order valence-electron chi connectivity index (χ4n) is 3.72. The number of hydrogen-bond acceptors (Lipinski definition) is 5. The van der Waals surface area contributed by atoms with Crippen molar-refractivity contribution in [1.82, 2.24) is 15.1 Å². The summed E-state index contributed by atoms with van der Waals surface area (Å²) in [5.74, 6) is 4.83. The standard InChI is InChI=1S/C20H34N4O2S/c1-15(2)19-14-24(9-12-27-19)20(21-4)22-13-17(18-6-5-16(3)26-18)23-7-10-25-11-8-23/h5-6,15,17,19H,7-14H2,1-4H3,(H,21,22). The molecule has 0 spiro atoms. The molecule has 0 radical (unpaired) electrons. The van der Waals surface area contributed by atoms with Crippen LogP contribution in [0.4, 0.5) is 0 Å². The minimum atomic E-state index is 0.194. The minimum Gasteiger partial charge on any atom is -0.465 e. The van der Waals surface area contributed by atoms with E-state index in [1.165, 1.54) is 0 Å². The van der Waals surface area contributed by atoms with Crippen LogP contribution in [-0.2, 0) is 4.74 Å². The van der Waals surface area contributed by atoms with Crippen molar-refractivity contribution in [2.45, 2.75) is 32.1 Å². The Morgan fingerprint density at radius 3 is 2.70 bits per heavy atom. The highest BCUT2D eigenvalue weighted by Crippen LogP contribution is 2.26. The van der Waals surface area contributed by atoms with Gasteiger partial charge in [0.15, 0.2) is 5.96 Å². The molecule has 7 heteroatoms. The molecule has 0 bridgehead atoms. The molecule has 2 saturated heterocycles. The maximum atomic E-state index is 5.98. The van der Waals surface area contributed by atoms with Gasteiger partial charge in [-0.15, -0.1) is 0 Å². The van der Waals surface area contributed by atoms with Crippen molar-refractivity contribution < 1.29 is 9.15 Å². The third kappa shape index (κ3) is 5.42. The number of thioether (sulfide) groups is 1. The monoisotopic (exact) mass is 394 g/mol. The van der Waals surface area contributed by atoms with Crippen molar-refractivity contribution in [3.05, 3.63) is 23.7 Å². The molecule has 6 nitrogen and oxygen atoms in total. The lowest BCUT2D eigenvalue weighted by atomic mass is 10.1. The zero-order valence-electron chi connectivity index (χ0n) is 17.1. The summed E-state index contributed by atoms with van der Waals surface area (Å²) in [7, 11) is 1.88. The largest absolute Gasteiger partial charge is 0.465 e. The molecule has 0 aliphatic carbocycles. The molecule has 3 heterocycles. The summed E-state index contributed by atoms with van der Waals surface area (Å²) in [5, 5.41) is 4.29.